The van der Waals surface area contributed by atoms with Crippen molar-refractivity contribution < 1.29 is 23.9 Å². The van der Waals surface area contributed by atoms with Gasteiger partial charge in [0, 0.05) is 13.6 Å². The quantitative estimate of drug-likeness (QED) is 0.453. The number of ether oxygens (including phenoxy) is 1. The minimum atomic E-state index is -0.877. The lowest BCUT2D eigenvalue weighted by molar-refractivity contribution is -0.146. The number of fused-ring (bicyclic) bond motifs is 1. The molecule has 1 aliphatic heterocycles. The molecule has 1 aromatic rings. The van der Waals surface area contributed by atoms with Gasteiger partial charge in [0.2, 0.25) is 11.8 Å². The summed E-state index contributed by atoms with van der Waals surface area (Å²) in [4.78, 5) is 53.8. The van der Waals surface area contributed by atoms with E-state index in [1.54, 1.807) is 52.5 Å². The maximum Gasteiger partial charge on any atom is 0.408 e. The highest BCUT2D eigenvalue weighted by Crippen LogP contribution is 2.36. The number of carbonyl (C=O) groups is 4. The molecular formula is C30H45N5O5. The molecule has 1 aliphatic carbocycles. The fraction of sp³-hybridized carbons (Fsp3) is 0.600. The first-order valence-corrected chi connectivity index (χ1v) is 14.1. The molecule has 10 nitrogen and oxygen atoms in total. The van der Waals surface area contributed by atoms with E-state index in [-0.39, 0.29) is 23.8 Å². The largest absolute Gasteiger partial charge is 0.444 e. The van der Waals surface area contributed by atoms with E-state index in [9.17, 15) is 19.2 Å². The highest BCUT2D eigenvalue weighted by atomic mass is 16.6. The molecule has 1 unspecified atom stereocenters. The van der Waals surface area contributed by atoms with Gasteiger partial charge < -0.3 is 20.3 Å². The molecule has 3 N–H and O–H groups in total. The van der Waals surface area contributed by atoms with Crippen LogP contribution in [0.1, 0.15) is 83.5 Å². The highest BCUT2D eigenvalue weighted by molar-refractivity contribution is 5.91. The molecule has 4 atom stereocenters. The SMILES string of the molecule is C=Cc1ccc2c(c1)[C@H](N(C)C(=O)[C@@H]1CCCN(C(=O)C(C)NC(=O)[C@@H](NC(=O)OC(C)(C)C)C(C)C)N1)CC2. The number of benzene rings is 1. The van der Waals surface area contributed by atoms with Gasteiger partial charge in [0.05, 0.1) is 6.04 Å². The number of hydrogen-bond acceptors (Lipinski definition) is 6. The van der Waals surface area contributed by atoms with Crippen molar-refractivity contribution in [2.24, 2.45) is 5.92 Å². The van der Waals surface area contributed by atoms with Gasteiger partial charge in [-0.1, -0.05) is 38.6 Å². The third-order valence-corrected chi connectivity index (χ3v) is 7.37. The van der Waals surface area contributed by atoms with Crippen LogP contribution in [0.25, 0.3) is 6.08 Å². The van der Waals surface area contributed by atoms with Crippen molar-refractivity contribution in [3.05, 3.63) is 41.5 Å². The molecule has 0 bridgehead atoms. The number of rotatable bonds is 8. The number of hydrogen-bond donors (Lipinski definition) is 3. The van der Waals surface area contributed by atoms with Gasteiger partial charge in [-0.2, -0.15) is 0 Å². The zero-order valence-electron chi connectivity index (χ0n) is 24.9. The summed E-state index contributed by atoms with van der Waals surface area (Å²) in [6.45, 7) is 14.7. The predicted octanol–water partition coefficient (Wildman–Crippen LogP) is 3.32. The Labute approximate surface area is 237 Å². The molecule has 40 heavy (non-hydrogen) atoms. The van der Waals surface area contributed by atoms with E-state index in [2.05, 4.69) is 34.8 Å². The van der Waals surface area contributed by atoms with E-state index < -0.39 is 35.7 Å². The highest BCUT2D eigenvalue weighted by Gasteiger charge is 2.36. The Morgan fingerprint density at radius 1 is 1.15 bits per heavy atom. The van der Waals surface area contributed by atoms with Crippen LogP contribution in [-0.2, 0) is 25.5 Å². The molecule has 220 valence electrons. The van der Waals surface area contributed by atoms with E-state index in [0.29, 0.717) is 19.4 Å². The first-order chi connectivity index (χ1) is 18.7. The number of carbonyl (C=O) groups excluding carboxylic acids is 4. The lowest BCUT2D eigenvalue weighted by Crippen LogP contribution is -2.62. The van der Waals surface area contributed by atoms with Crippen molar-refractivity contribution in [3.63, 3.8) is 0 Å². The Morgan fingerprint density at radius 3 is 2.48 bits per heavy atom. The smallest absolute Gasteiger partial charge is 0.408 e. The molecule has 1 saturated heterocycles. The zero-order valence-corrected chi connectivity index (χ0v) is 24.9. The molecule has 0 saturated carbocycles. The van der Waals surface area contributed by atoms with Gasteiger partial charge in [-0.15, -0.1) is 0 Å². The molecule has 1 fully saturated rings. The number of alkyl carbamates (subject to hydrolysis) is 1. The fourth-order valence-electron chi connectivity index (χ4n) is 5.22. The summed E-state index contributed by atoms with van der Waals surface area (Å²) in [5.74, 6) is -1.14. The van der Waals surface area contributed by atoms with Crippen LogP contribution in [0.5, 0.6) is 0 Å². The molecule has 1 aromatic carbocycles. The van der Waals surface area contributed by atoms with E-state index in [1.165, 1.54) is 10.6 Å². The molecule has 4 amide bonds. The topological polar surface area (TPSA) is 120 Å². The predicted molar refractivity (Wildman–Crippen MR) is 154 cm³/mol. The van der Waals surface area contributed by atoms with Crippen LogP contribution in [0.2, 0.25) is 0 Å². The maximum atomic E-state index is 13.5. The number of amides is 4. The molecule has 1 heterocycles. The summed E-state index contributed by atoms with van der Waals surface area (Å²) in [5.41, 5.74) is 5.81. The summed E-state index contributed by atoms with van der Waals surface area (Å²) in [7, 11) is 1.82. The lowest BCUT2D eigenvalue weighted by atomic mass is 10.0. The lowest BCUT2D eigenvalue weighted by Gasteiger charge is -2.37. The second-order valence-electron chi connectivity index (χ2n) is 12.1. The Hall–Kier alpha value is -3.40. The monoisotopic (exact) mass is 555 g/mol. The summed E-state index contributed by atoms with van der Waals surface area (Å²) in [6, 6.07) is 3.92. The van der Waals surface area contributed by atoms with Crippen molar-refractivity contribution >= 4 is 29.9 Å². The maximum absolute atomic E-state index is 13.5. The number of aryl methyl sites for hydroxylation is 1. The second kappa shape index (κ2) is 12.8. The minimum Gasteiger partial charge on any atom is -0.444 e. The van der Waals surface area contributed by atoms with E-state index >= 15 is 0 Å². The van der Waals surface area contributed by atoms with Crippen LogP contribution in [0.15, 0.2) is 24.8 Å². The van der Waals surface area contributed by atoms with Crippen LogP contribution in [0.4, 0.5) is 4.79 Å². The van der Waals surface area contributed by atoms with Gasteiger partial charge in [-0.25, -0.2) is 10.2 Å². The van der Waals surface area contributed by atoms with Crippen molar-refractivity contribution in [2.75, 3.05) is 13.6 Å². The van der Waals surface area contributed by atoms with Gasteiger partial charge >= 0.3 is 6.09 Å². The minimum absolute atomic E-state index is 0.0288. The normalized spacial score (nSPS) is 20.2. The molecule has 0 aromatic heterocycles. The fourth-order valence-corrected chi connectivity index (χ4v) is 5.22. The van der Waals surface area contributed by atoms with Crippen LogP contribution >= 0.6 is 0 Å². The number of likely N-dealkylation sites (N-methyl/N-ethyl adjacent to an activating group) is 1. The summed E-state index contributed by atoms with van der Waals surface area (Å²) in [6.07, 6.45) is 4.13. The van der Waals surface area contributed by atoms with Gasteiger partial charge in [-0.3, -0.25) is 19.4 Å². The standard InChI is InChI=1S/C30H45N5O5/c1-9-20-12-13-21-14-15-24(22(21)17-20)34(8)28(38)23-11-10-16-35(33-23)27(37)19(4)31-26(36)25(18(2)3)32-29(39)40-30(5,6)7/h9,12-13,17-19,23-25,33H,1,10-11,14-16H2,2-8H3,(H,31,36)(H,32,39)/t19?,23-,24+,25-/m0/s1. The van der Waals surface area contributed by atoms with Gasteiger partial charge in [0.1, 0.15) is 23.7 Å². The molecule has 0 radical (unpaired) electrons. The van der Waals surface area contributed by atoms with Crippen LogP contribution in [-0.4, -0.2) is 71.0 Å². The Morgan fingerprint density at radius 2 is 1.85 bits per heavy atom. The van der Waals surface area contributed by atoms with E-state index in [4.69, 9.17) is 4.74 Å². The molecule has 0 spiro atoms. The van der Waals surface area contributed by atoms with Crippen molar-refractivity contribution in [2.45, 2.75) is 97.0 Å². The van der Waals surface area contributed by atoms with Crippen molar-refractivity contribution in [1.29, 1.82) is 0 Å². The summed E-state index contributed by atoms with van der Waals surface area (Å²) in [5, 5.41) is 6.74. The van der Waals surface area contributed by atoms with Gasteiger partial charge in [0.25, 0.3) is 5.91 Å². The average Bonchev–Trinajstić information content (AvgIpc) is 3.32. The van der Waals surface area contributed by atoms with Crippen LogP contribution in [0.3, 0.4) is 0 Å². The third-order valence-electron chi connectivity index (χ3n) is 7.37. The molecular weight excluding hydrogens is 510 g/mol. The Kier molecular flexibility index (Phi) is 10.00. The van der Waals surface area contributed by atoms with E-state index in [0.717, 1.165) is 24.0 Å². The second-order valence-corrected chi connectivity index (χ2v) is 12.1. The summed E-state index contributed by atoms with van der Waals surface area (Å²) >= 11 is 0. The van der Waals surface area contributed by atoms with Crippen molar-refractivity contribution in [3.8, 4) is 0 Å². The number of nitrogens with zero attached hydrogens (tertiary/aromatic N) is 2. The van der Waals surface area contributed by atoms with Crippen LogP contribution in [0, 0.1) is 5.92 Å². The molecule has 10 heteroatoms. The molecule has 3 rings (SSSR count). The van der Waals surface area contributed by atoms with Gasteiger partial charge in [0.15, 0.2) is 0 Å². The summed E-state index contributed by atoms with van der Waals surface area (Å²) < 4.78 is 5.28. The Bertz CT molecular complexity index is 1130. The number of nitrogens with one attached hydrogen (secondary N) is 3. The zero-order chi connectivity index (χ0) is 29.8. The Balaban J connectivity index is 1.61. The van der Waals surface area contributed by atoms with E-state index in [1.807, 2.05) is 13.1 Å². The first kappa shape index (κ1) is 31.1. The third kappa shape index (κ3) is 7.62. The first-order valence-electron chi connectivity index (χ1n) is 14.1. The van der Waals surface area contributed by atoms with Crippen molar-refractivity contribution in [1.82, 2.24) is 26.0 Å². The van der Waals surface area contributed by atoms with Crippen LogP contribution < -0.4 is 16.1 Å². The number of hydrazine groups is 1. The van der Waals surface area contributed by atoms with Gasteiger partial charge in [-0.05, 0) is 82.1 Å². The average molecular weight is 556 g/mol. The molecule has 2 aliphatic rings.